The second-order valence-electron chi connectivity index (χ2n) is 4.96. The Morgan fingerprint density at radius 1 is 0.900 bits per heavy atom. The van der Waals surface area contributed by atoms with Crippen molar-refractivity contribution in [3.8, 4) is 0 Å². The summed E-state index contributed by atoms with van der Waals surface area (Å²) in [5, 5.41) is 0. The second kappa shape index (κ2) is 3.61. The highest BCUT2D eigenvalue weighted by Gasteiger charge is 2.72. The lowest BCUT2D eigenvalue weighted by atomic mass is 9.94. The van der Waals surface area contributed by atoms with Crippen LogP contribution in [0.15, 0.2) is 48.5 Å². The first-order valence-corrected chi connectivity index (χ1v) is 6.27. The summed E-state index contributed by atoms with van der Waals surface area (Å²) in [5.74, 6) is -1.20. The van der Waals surface area contributed by atoms with E-state index in [4.69, 9.17) is 4.74 Å². The van der Waals surface area contributed by atoms with Crippen LogP contribution in [-0.2, 0) is 4.74 Å². The van der Waals surface area contributed by atoms with Crippen LogP contribution < -0.4 is 0 Å². The van der Waals surface area contributed by atoms with Gasteiger partial charge in [0.05, 0.1) is 0 Å². The number of benzene rings is 2. The van der Waals surface area contributed by atoms with Crippen LogP contribution in [0.5, 0.6) is 0 Å². The molecule has 1 saturated heterocycles. The average molecular weight is 268 g/mol. The van der Waals surface area contributed by atoms with Gasteiger partial charge in [0, 0.05) is 16.7 Å². The molecule has 0 amide bonds. The van der Waals surface area contributed by atoms with Gasteiger partial charge in [0.15, 0.2) is 0 Å². The number of hydrogen-bond acceptors (Lipinski definition) is 3. The van der Waals surface area contributed by atoms with Crippen LogP contribution in [0, 0.1) is 5.82 Å². The van der Waals surface area contributed by atoms with Crippen LogP contribution >= 0.6 is 0 Å². The van der Waals surface area contributed by atoms with Crippen molar-refractivity contribution in [2.45, 2.75) is 11.7 Å². The summed E-state index contributed by atoms with van der Waals surface area (Å²) in [6.45, 7) is 0. The van der Waals surface area contributed by atoms with Gasteiger partial charge < -0.3 is 4.74 Å². The molecule has 0 saturated carbocycles. The number of ether oxygens (including phenoxy) is 1. The molecule has 2 aromatic rings. The summed E-state index contributed by atoms with van der Waals surface area (Å²) >= 11 is 0. The maximum absolute atomic E-state index is 13.8. The molecule has 98 valence electrons. The van der Waals surface area contributed by atoms with Gasteiger partial charge in [0.2, 0.25) is 17.2 Å². The van der Waals surface area contributed by atoms with Crippen molar-refractivity contribution in [3.05, 3.63) is 71.0 Å². The van der Waals surface area contributed by atoms with Crippen molar-refractivity contribution in [2.24, 2.45) is 0 Å². The quantitative estimate of drug-likeness (QED) is 0.590. The van der Waals surface area contributed by atoms with Crippen LogP contribution in [0.4, 0.5) is 4.39 Å². The molecule has 2 aliphatic rings. The van der Waals surface area contributed by atoms with E-state index in [2.05, 4.69) is 0 Å². The largest absolute Gasteiger partial charge is 0.344 e. The van der Waals surface area contributed by atoms with Crippen LogP contribution in [0.3, 0.4) is 0 Å². The minimum atomic E-state index is -1.54. The Kier molecular flexibility index (Phi) is 2.07. The average Bonchev–Trinajstić information content (AvgIpc) is 3.18. The maximum atomic E-state index is 13.8. The number of carbonyl (C=O) groups excluding carboxylic acids is 2. The lowest BCUT2D eigenvalue weighted by molar-refractivity contribution is 0.0785. The van der Waals surface area contributed by atoms with Gasteiger partial charge in [0.1, 0.15) is 11.9 Å². The van der Waals surface area contributed by atoms with E-state index in [0.29, 0.717) is 11.1 Å². The molecule has 0 aromatic heterocycles. The number of Topliss-reactive ketones (excluding diaryl/α,β-unsaturated/α-hetero) is 2. The molecule has 0 radical (unpaired) electrons. The zero-order chi connectivity index (χ0) is 13.9. The summed E-state index contributed by atoms with van der Waals surface area (Å²) < 4.78 is 19.2. The van der Waals surface area contributed by atoms with E-state index in [1.54, 1.807) is 36.4 Å². The Bertz CT molecular complexity index is 731. The molecule has 1 heterocycles. The lowest BCUT2D eigenvalue weighted by Crippen LogP contribution is -2.27. The topological polar surface area (TPSA) is 46.7 Å². The minimum absolute atomic E-state index is 0.252. The van der Waals surface area contributed by atoms with E-state index in [0.717, 1.165) is 0 Å². The molecule has 2 aromatic carbocycles. The van der Waals surface area contributed by atoms with Crippen LogP contribution in [0.1, 0.15) is 32.4 Å². The summed E-state index contributed by atoms with van der Waals surface area (Å²) in [6.07, 6.45) is -0.823. The standard InChI is InChI=1S/C16H9FO3/c17-12-8-4-3-7-11(12)15-16(20-15)13(18)9-5-1-2-6-10(9)14(16)19/h1-8,15H/t15-/m0/s1. The zero-order valence-corrected chi connectivity index (χ0v) is 10.3. The second-order valence-corrected chi connectivity index (χ2v) is 4.96. The van der Waals surface area contributed by atoms with E-state index in [1.807, 2.05) is 0 Å². The number of ketones is 2. The molecule has 20 heavy (non-hydrogen) atoms. The molecular formula is C16H9FO3. The molecule has 0 bridgehead atoms. The van der Waals surface area contributed by atoms with Gasteiger partial charge in [-0.3, -0.25) is 9.59 Å². The molecular weight excluding hydrogens is 259 g/mol. The van der Waals surface area contributed by atoms with Crippen molar-refractivity contribution in [3.63, 3.8) is 0 Å². The van der Waals surface area contributed by atoms with Crippen molar-refractivity contribution in [1.82, 2.24) is 0 Å². The zero-order valence-electron chi connectivity index (χ0n) is 10.3. The fourth-order valence-electron chi connectivity index (χ4n) is 2.85. The van der Waals surface area contributed by atoms with Crippen LogP contribution in [0.25, 0.3) is 0 Å². The lowest BCUT2D eigenvalue weighted by Gasteiger charge is -2.01. The van der Waals surface area contributed by atoms with Crippen LogP contribution in [0.2, 0.25) is 0 Å². The number of hydrogen-bond donors (Lipinski definition) is 0. The third-order valence-corrected chi connectivity index (χ3v) is 3.89. The van der Waals surface area contributed by atoms with Gasteiger partial charge in [-0.05, 0) is 6.07 Å². The Labute approximate surface area is 114 Å². The smallest absolute Gasteiger partial charge is 0.225 e. The van der Waals surface area contributed by atoms with Crippen molar-refractivity contribution in [1.29, 1.82) is 0 Å². The molecule has 0 N–H and O–H groups in total. The van der Waals surface area contributed by atoms with Crippen molar-refractivity contribution >= 4 is 11.6 Å². The Morgan fingerprint density at radius 3 is 2.05 bits per heavy atom. The highest BCUT2D eigenvalue weighted by Crippen LogP contribution is 2.57. The fourth-order valence-corrected chi connectivity index (χ4v) is 2.85. The molecule has 1 aliphatic heterocycles. The number of carbonyl (C=O) groups is 2. The number of epoxide rings is 1. The monoisotopic (exact) mass is 268 g/mol. The summed E-state index contributed by atoms with van der Waals surface area (Å²) in [6, 6.07) is 12.6. The molecule has 1 aliphatic carbocycles. The molecule has 1 atom stereocenters. The maximum Gasteiger partial charge on any atom is 0.225 e. The molecule has 4 rings (SSSR count). The van der Waals surface area contributed by atoms with Crippen LogP contribution in [-0.4, -0.2) is 17.2 Å². The SMILES string of the molecule is O=C1c2ccccc2C(=O)C12O[C@H]2c1ccccc1F. The Morgan fingerprint density at radius 2 is 1.45 bits per heavy atom. The van der Waals surface area contributed by atoms with Crippen molar-refractivity contribution < 1.29 is 18.7 Å². The van der Waals surface area contributed by atoms with Gasteiger partial charge in [-0.25, -0.2) is 4.39 Å². The van der Waals surface area contributed by atoms with E-state index in [1.165, 1.54) is 12.1 Å². The summed E-state index contributed by atoms with van der Waals surface area (Å²) in [5.41, 5.74) is -0.569. The highest BCUT2D eigenvalue weighted by molar-refractivity contribution is 6.34. The molecule has 0 unspecified atom stereocenters. The van der Waals surface area contributed by atoms with E-state index < -0.39 is 17.5 Å². The van der Waals surface area contributed by atoms with Gasteiger partial charge in [-0.15, -0.1) is 0 Å². The summed E-state index contributed by atoms with van der Waals surface area (Å²) in [7, 11) is 0. The minimum Gasteiger partial charge on any atom is -0.344 e. The van der Waals surface area contributed by atoms with Crippen molar-refractivity contribution in [2.75, 3.05) is 0 Å². The van der Waals surface area contributed by atoms with E-state index >= 15 is 0 Å². The Balaban J connectivity index is 1.82. The fraction of sp³-hybridized carbons (Fsp3) is 0.125. The van der Waals surface area contributed by atoms with Gasteiger partial charge in [-0.1, -0.05) is 42.5 Å². The van der Waals surface area contributed by atoms with Gasteiger partial charge in [0.25, 0.3) is 0 Å². The molecule has 3 nitrogen and oxygen atoms in total. The predicted octanol–water partition coefficient (Wildman–Crippen LogP) is 2.72. The normalized spacial score (nSPS) is 22.1. The Hall–Kier alpha value is -2.33. The number of halogens is 1. The number of fused-ring (bicyclic) bond motifs is 1. The third-order valence-electron chi connectivity index (χ3n) is 3.89. The molecule has 4 heteroatoms. The van der Waals surface area contributed by atoms with E-state index in [-0.39, 0.29) is 17.1 Å². The molecule has 1 fully saturated rings. The number of rotatable bonds is 1. The molecule has 1 spiro atoms. The first-order chi connectivity index (χ1) is 9.66. The highest BCUT2D eigenvalue weighted by atomic mass is 19.1. The van der Waals surface area contributed by atoms with Gasteiger partial charge >= 0.3 is 0 Å². The summed E-state index contributed by atoms with van der Waals surface area (Å²) in [4.78, 5) is 24.8. The first-order valence-electron chi connectivity index (χ1n) is 6.27. The van der Waals surface area contributed by atoms with Gasteiger partial charge in [-0.2, -0.15) is 0 Å². The third kappa shape index (κ3) is 1.22. The van der Waals surface area contributed by atoms with E-state index in [9.17, 15) is 14.0 Å². The first kappa shape index (κ1) is 11.5. The predicted molar refractivity (Wildman–Crippen MR) is 68.1 cm³/mol.